The average molecular weight is 765 g/mol. The zero-order valence-electron chi connectivity index (χ0n) is 25.3. The first kappa shape index (κ1) is 33.4. The van der Waals surface area contributed by atoms with E-state index < -0.39 is 25.7 Å². The smallest absolute Gasteiger partial charge is 0.0715 e. The molecule has 0 radical (unpaired) electrons. The van der Waals surface area contributed by atoms with E-state index in [0.29, 0.717) is 0 Å². The summed E-state index contributed by atoms with van der Waals surface area (Å²) in [5.41, 5.74) is 5.38. The Hall–Kier alpha value is -2.12. The molecule has 0 amide bonds. The Balaban J connectivity index is 0.000000389. The summed E-state index contributed by atoms with van der Waals surface area (Å²) in [7, 11) is 0. The van der Waals surface area contributed by atoms with Gasteiger partial charge in [-0.2, -0.15) is 0 Å². The molecule has 0 bridgehead atoms. The van der Waals surface area contributed by atoms with Gasteiger partial charge in [-0.25, -0.2) is 0 Å². The van der Waals surface area contributed by atoms with E-state index in [-0.39, 0.29) is 21.8 Å². The molecule has 4 rings (SSSR count). The molecule has 0 aliphatic heterocycles. The van der Waals surface area contributed by atoms with Gasteiger partial charge in [-0.1, -0.05) is 12.1 Å². The predicted octanol–water partition coefficient (Wildman–Crippen LogP) is 9.07. The van der Waals surface area contributed by atoms with Crippen LogP contribution in [-0.4, -0.2) is 25.7 Å². The number of carboxylic acid groups (broad SMARTS) is 1. The fourth-order valence-electron chi connectivity index (χ4n) is 5.62. The Morgan fingerprint density at radius 3 is 1.12 bits per heavy atom. The molecule has 4 heteroatoms. The zero-order valence-corrected chi connectivity index (χ0v) is 30.3. The average Bonchev–Trinajstić information content (AvgIpc) is 2.94. The van der Waals surface area contributed by atoms with Crippen LogP contribution in [0.25, 0.3) is 0 Å². The maximum atomic E-state index is 10.2. The summed E-state index contributed by atoms with van der Waals surface area (Å²) in [4.78, 5) is 10.2. The van der Waals surface area contributed by atoms with E-state index in [2.05, 4.69) is 155 Å². The van der Waals surface area contributed by atoms with Crippen LogP contribution >= 0.6 is 22.6 Å². The standard InChI is InChI=1S/3C10H13.C7H5IO2.Sn/c3*1-10(2,3)9-7-5-4-6-8-9;8-6-3-1-5(2-4-6)7(9)10;/h3*4-8H,1H2,2-3H3;1-4H,(H,9,10);/q;;;;+1/p-1. The number of benzene rings is 4. The van der Waals surface area contributed by atoms with Crippen molar-refractivity contribution in [3.63, 3.8) is 0 Å². The second kappa shape index (κ2) is 14.9. The molecule has 0 aromatic heterocycles. The number of hydrogen-bond donors (Lipinski definition) is 0. The molecule has 0 saturated heterocycles. The maximum absolute atomic E-state index is 10.2. The van der Waals surface area contributed by atoms with Gasteiger partial charge in [-0.05, 0) is 40.3 Å². The van der Waals surface area contributed by atoms with Gasteiger partial charge in [-0.3, -0.25) is 0 Å². The summed E-state index contributed by atoms with van der Waals surface area (Å²) in [5, 5.41) is 10.2. The second-order valence-corrected chi connectivity index (χ2v) is 21.4. The molecule has 0 spiro atoms. The molecule has 214 valence electrons. The molecule has 0 unspecified atom stereocenters. The molecular formula is C37H43IO2Sn. The van der Waals surface area contributed by atoms with Crippen molar-refractivity contribution in [2.45, 2.75) is 71.1 Å². The Morgan fingerprint density at radius 2 is 0.854 bits per heavy atom. The van der Waals surface area contributed by atoms with Crippen LogP contribution in [0.3, 0.4) is 0 Å². The Kier molecular flexibility index (Phi) is 12.1. The van der Waals surface area contributed by atoms with Gasteiger partial charge in [0.05, 0.1) is 5.97 Å². The molecule has 0 atom stereocenters. The van der Waals surface area contributed by atoms with Crippen LogP contribution in [0.2, 0.25) is 13.3 Å². The van der Waals surface area contributed by atoms with Gasteiger partial charge in [0.15, 0.2) is 0 Å². The van der Waals surface area contributed by atoms with E-state index in [1.54, 1.807) is 12.1 Å². The first-order chi connectivity index (χ1) is 19.3. The van der Waals surface area contributed by atoms with Crippen molar-refractivity contribution in [1.29, 1.82) is 0 Å². The summed E-state index contributed by atoms with van der Waals surface area (Å²) in [6, 6.07) is 40.0. The van der Waals surface area contributed by atoms with Crippen molar-refractivity contribution in [3.8, 4) is 0 Å². The number of carboxylic acids is 1. The van der Waals surface area contributed by atoms with Crippen LogP contribution in [0.1, 0.15) is 68.6 Å². The zero-order chi connectivity index (χ0) is 30.1. The van der Waals surface area contributed by atoms with Crippen LogP contribution in [0.15, 0.2) is 115 Å². The minimum Gasteiger partial charge on any atom is -0.545 e. The van der Waals surface area contributed by atoms with E-state index in [4.69, 9.17) is 0 Å². The topological polar surface area (TPSA) is 40.1 Å². The van der Waals surface area contributed by atoms with Crippen molar-refractivity contribution >= 4 is 48.3 Å². The van der Waals surface area contributed by atoms with Gasteiger partial charge in [0.1, 0.15) is 0 Å². The normalized spacial score (nSPS) is 11.8. The molecule has 0 aliphatic rings. The summed E-state index contributed by atoms with van der Waals surface area (Å²) in [6.45, 7) is 14.8. The van der Waals surface area contributed by atoms with Crippen molar-refractivity contribution in [3.05, 3.63) is 141 Å². The Labute approximate surface area is 268 Å². The molecule has 0 N–H and O–H groups in total. The molecule has 4 aromatic carbocycles. The third-order valence-electron chi connectivity index (χ3n) is 7.82. The van der Waals surface area contributed by atoms with Crippen molar-refractivity contribution in [2.75, 3.05) is 0 Å². The number of aromatic carboxylic acids is 1. The number of carbonyl (C=O) groups excluding carboxylic acids is 1. The Morgan fingerprint density at radius 1 is 0.561 bits per heavy atom. The third kappa shape index (κ3) is 10.3. The first-order valence-corrected chi connectivity index (χ1v) is 21.4. The van der Waals surface area contributed by atoms with Crippen LogP contribution < -0.4 is 5.11 Å². The molecule has 0 saturated carbocycles. The van der Waals surface area contributed by atoms with Crippen LogP contribution in [-0.2, 0) is 16.2 Å². The Bertz CT molecular complexity index is 1220. The van der Waals surface area contributed by atoms with Gasteiger partial charge in [0, 0.05) is 3.57 Å². The van der Waals surface area contributed by atoms with E-state index in [1.807, 2.05) is 0 Å². The summed E-state index contributed by atoms with van der Waals surface area (Å²) in [6.07, 6.45) is 0. The maximum Gasteiger partial charge on any atom is 0.0715 e. The van der Waals surface area contributed by atoms with Gasteiger partial charge >= 0.3 is 199 Å². The summed E-state index contributed by atoms with van der Waals surface area (Å²) >= 11 is 0.269. The van der Waals surface area contributed by atoms with Gasteiger partial charge in [0.2, 0.25) is 0 Å². The number of rotatable bonds is 10. The minimum absolute atomic E-state index is 0.223. The monoisotopic (exact) mass is 766 g/mol. The molecule has 41 heavy (non-hydrogen) atoms. The van der Waals surface area contributed by atoms with Gasteiger partial charge < -0.3 is 9.90 Å². The van der Waals surface area contributed by atoms with Gasteiger partial charge in [0.25, 0.3) is 0 Å². The number of carbonyl (C=O) groups is 1. The SMILES string of the molecule is CC(C)([CH2][Sn+]([CH2]C(C)(C)c1ccccc1)[CH2]C(C)(C)c1ccccc1)c1ccccc1.O=C([O-])c1ccc(I)cc1. The molecule has 0 fully saturated rings. The molecule has 2 nitrogen and oxygen atoms in total. The van der Waals surface area contributed by atoms with E-state index in [9.17, 15) is 9.90 Å². The molecule has 0 aliphatic carbocycles. The number of hydrogen-bond acceptors (Lipinski definition) is 2. The summed E-state index contributed by atoms with van der Waals surface area (Å²) in [5.74, 6) is -1.13. The number of halogens is 1. The van der Waals surface area contributed by atoms with Crippen molar-refractivity contribution in [1.82, 2.24) is 0 Å². The van der Waals surface area contributed by atoms with E-state index in [1.165, 1.54) is 42.1 Å². The third-order valence-corrected chi connectivity index (χ3v) is 20.4. The van der Waals surface area contributed by atoms with Crippen LogP contribution in [0.5, 0.6) is 0 Å². The quantitative estimate of drug-likeness (QED) is 0.120. The molecular weight excluding hydrogens is 722 g/mol. The predicted molar refractivity (Wildman–Crippen MR) is 182 cm³/mol. The van der Waals surface area contributed by atoms with E-state index in [0.717, 1.165) is 3.57 Å². The van der Waals surface area contributed by atoms with Crippen molar-refractivity contribution in [2.24, 2.45) is 0 Å². The second-order valence-electron chi connectivity index (χ2n) is 12.8. The fourth-order valence-corrected chi connectivity index (χ4v) is 19.5. The molecule has 0 heterocycles. The fraction of sp³-hybridized carbons (Fsp3) is 0.324. The first-order valence-electron chi connectivity index (χ1n) is 14.3. The largest absolute Gasteiger partial charge is 0.545 e. The minimum atomic E-state index is -1.84. The van der Waals surface area contributed by atoms with Crippen LogP contribution in [0.4, 0.5) is 0 Å². The van der Waals surface area contributed by atoms with Gasteiger partial charge in [-0.15, -0.1) is 0 Å². The van der Waals surface area contributed by atoms with Crippen LogP contribution in [0, 0.1) is 3.57 Å². The molecule has 4 aromatic rings. The van der Waals surface area contributed by atoms with Crippen molar-refractivity contribution < 1.29 is 9.90 Å². The summed E-state index contributed by atoms with van der Waals surface area (Å²) < 4.78 is 5.16. The van der Waals surface area contributed by atoms with E-state index >= 15 is 0 Å².